The van der Waals surface area contributed by atoms with Gasteiger partial charge in [-0.25, -0.2) is 17.9 Å². The number of halogens is 3. The van der Waals surface area contributed by atoms with E-state index >= 15 is 0 Å². The molecule has 158 valence electrons. The second-order valence-electron chi connectivity index (χ2n) is 7.12. The molecular weight excluding hydrogens is 407 g/mol. The predicted molar refractivity (Wildman–Crippen MR) is 113 cm³/mol. The zero-order chi connectivity index (χ0) is 22.0. The Bertz CT molecular complexity index is 1200. The van der Waals surface area contributed by atoms with Crippen molar-refractivity contribution in [1.29, 1.82) is 5.41 Å². The Labute approximate surface area is 175 Å². The highest BCUT2D eigenvalue weighted by Crippen LogP contribution is 2.32. The molecule has 1 saturated heterocycles. The van der Waals surface area contributed by atoms with E-state index in [1.165, 1.54) is 40.0 Å². The van der Waals surface area contributed by atoms with Crippen LogP contribution in [-0.2, 0) is 0 Å². The van der Waals surface area contributed by atoms with Crippen LogP contribution in [0.2, 0.25) is 0 Å². The van der Waals surface area contributed by atoms with Crippen LogP contribution in [0.15, 0.2) is 70.6 Å². The zero-order valence-corrected chi connectivity index (χ0v) is 16.3. The van der Waals surface area contributed by atoms with Crippen molar-refractivity contribution in [3.63, 3.8) is 0 Å². The molecule has 0 aliphatic carbocycles. The van der Waals surface area contributed by atoms with Crippen molar-refractivity contribution in [3.8, 4) is 5.69 Å². The van der Waals surface area contributed by atoms with Gasteiger partial charge in [-0.15, -0.1) is 0 Å². The second kappa shape index (κ2) is 8.17. The number of alkyl halides is 2. The highest BCUT2D eigenvalue weighted by atomic mass is 19.3. The van der Waals surface area contributed by atoms with Crippen LogP contribution in [0.4, 0.5) is 24.5 Å². The van der Waals surface area contributed by atoms with Gasteiger partial charge < -0.3 is 10.3 Å². The standard InChI is InChI=1S/C22H18F3N5O/c23-17-12-16(29-13-22(24,25)14-29)6-7-19(17)30-11-9-20(31)21(28-30)18(8-10-26)27-15-4-2-1-3-5-15/h1-7,9-12,26H,8,13-14H2. The van der Waals surface area contributed by atoms with Gasteiger partial charge >= 0.3 is 0 Å². The number of hydrogen-bond donors (Lipinski definition) is 1. The van der Waals surface area contributed by atoms with Crippen LogP contribution in [0.1, 0.15) is 12.1 Å². The van der Waals surface area contributed by atoms with Gasteiger partial charge in [0.25, 0.3) is 5.92 Å². The fourth-order valence-electron chi connectivity index (χ4n) is 3.27. The Hall–Kier alpha value is -3.75. The smallest absolute Gasteiger partial charge is 0.282 e. The van der Waals surface area contributed by atoms with E-state index in [4.69, 9.17) is 5.41 Å². The molecule has 1 aromatic heterocycles. The topological polar surface area (TPSA) is 74.3 Å². The number of benzene rings is 2. The number of nitrogens with one attached hydrogen (secondary N) is 1. The van der Waals surface area contributed by atoms with Crippen LogP contribution in [0.25, 0.3) is 5.69 Å². The minimum atomic E-state index is -2.76. The molecule has 0 radical (unpaired) electrons. The molecule has 1 aliphatic heterocycles. The third kappa shape index (κ3) is 4.40. The molecule has 31 heavy (non-hydrogen) atoms. The quantitative estimate of drug-likeness (QED) is 0.607. The zero-order valence-electron chi connectivity index (χ0n) is 16.3. The predicted octanol–water partition coefficient (Wildman–Crippen LogP) is 3.99. The first-order valence-corrected chi connectivity index (χ1v) is 9.51. The van der Waals surface area contributed by atoms with Crippen LogP contribution in [0, 0.1) is 11.2 Å². The largest absolute Gasteiger partial charge is 0.359 e. The lowest BCUT2D eigenvalue weighted by Crippen LogP contribution is -2.56. The fourth-order valence-corrected chi connectivity index (χ4v) is 3.27. The summed E-state index contributed by atoms with van der Waals surface area (Å²) in [6, 6.07) is 14.3. The molecule has 9 heteroatoms. The van der Waals surface area contributed by atoms with E-state index < -0.39 is 30.3 Å². The number of nitrogens with zero attached hydrogens (tertiary/aromatic N) is 4. The average molecular weight is 425 g/mol. The van der Waals surface area contributed by atoms with Crippen molar-refractivity contribution in [2.75, 3.05) is 18.0 Å². The van der Waals surface area contributed by atoms with Gasteiger partial charge in [-0.05, 0) is 30.3 Å². The van der Waals surface area contributed by atoms with E-state index in [2.05, 4.69) is 10.1 Å². The molecule has 0 bridgehead atoms. The molecule has 0 atom stereocenters. The van der Waals surface area contributed by atoms with Gasteiger partial charge in [-0.2, -0.15) is 5.10 Å². The number of para-hydroxylation sites is 1. The van der Waals surface area contributed by atoms with Gasteiger partial charge in [-0.1, -0.05) is 18.2 Å². The maximum Gasteiger partial charge on any atom is 0.282 e. The minimum absolute atomic E-state index is 0.000662. The summed E-state index contributed by atoms with van der Waals surface area (Å²) in [4.78, 5) is 18.2. The van der Waals surface area contributed by atoms with E-state index in [9.17, 15) is 18.0 Å². The third-order valence-electron chi connectivity index (χ3n) is 4.78. The molecule has 1 aliphatic rings. The maximum atomic E-state index is 14.8. The van der Waals surface area contributed by atoms with Gasteiger partial charge in [0.05, 0.1) is 24.5 Å². The van der Waals surface area contributed by atoms with Crippen molar-refractivity contribution >= 4 is 23.3 Å². The number of rotatable bonds is 6. The van der Waals surface area contributed by atoms with Crippen molar-refractivity contribution in [3.05, 3.63) is 82.5 Å². The molecule has 0 saturated carbocycles. The van der Waals surface area contributed by atoms with Gasteiger partial charge in [-0.3, -0.25) is 9.79 Å². The summed E-state index contributed by atoms with van der Waals surface area (Å²) in [5, 5.41) is 11.7. The van der Waals surface area contributed by atoms with Crippen LogP contribution in [-0.4, -0.2) is 40.7 Å². The first-order valence-electron chi connectivity index (χ1n) is 9.51. The number of aromatic nitrogens is 2. The SMILES string of the molecule is N=CCC(=Nc1ccccc1)c1nn(-c2ccc(N3CC(F)(F)C3)cc2F)ccc1=O. The van der Waals surface area contributed by atoms with Gasteiger partial charge in [0.1, 0.15) is 5.69 Å². The summed E-state index contributed by atoms with van der Waals surface area (Å²) < 4.78 is 42.1. The highest BCUT2D eigenvalue weighted by Gasteiger charge is 2.44. The third-order valence-corrected chi connectivity index (χ3v) is 4.78. The molecule has 1 N–H and O–H groups in total. The van der Waals surface area contributed by atoms with Crippen molar-refractivity contribution in [1.82, 2.24) is 9.78 Å². The summed E-state index contributed by atoms with van der Waals surface area (Å²) in [6.45, 7) is -0.899. The number of aliphatic imine (C=N–C) groups is 1. The van der Waals surface area contributed by atoms with Crippen molar-refractivity contribution in [2.24, 2.45) is 4.99 Å². The Balaban J connectivity index is 1.70. The summed E-state index contributed by atoms with van der Waals surface area (Å²) in [7, 11) is 0. The summed E-state index contributed by atoms with van der Waals surface area (Å²) in [5.74, 6) is -3.42. The van der Waals surface area contributed by atoms with E-state index in [0.29, 0.717) is 11.4 Å². The monoisotopic (exact) mass is 425 g/mol. The Morgan fingerprint density at radius 3 is 2.55 bits per heavy atom. The van der Waals surface area contributed by atoms with Crippen molar-refractivity contribution in [2.45, 2.75) is 12.3 Å². The fraction of sp³-hybridized carbons (Fsp3) is 0.182. The lowest BCUT2D eigenvalue weighted by Gasteiger charge is -2.40. The number of hydrogen-bond acceptors (Lipinski definition) is 5. The Morgan fingerprint density at radius 2 is 1.90 bits per heavy atom. The molecule has 0 amide bonds. The first-order chi connectivity index (χ1) is 14.9. The normalized spacial score (nSPS) is 15.5. The molecule has 3 aromatic rings. The van der Waals surface area contributed by atoms with E-state index in [-0.39, 0.29) is 23.5 Å². The molecule has 0 spiro atoms. The molecule has 6 nitrogen and oxygen atoms in total. The summed E-state index contributed by atoms with van der Waals surface area (Å²) in [5.41, 5.74) is 0.876. The molecule has 1 fully saturated rings. The molecule has 2 aromatic carbocycles. The van der Waals surface area contributed by atoms with Gasteiger partial charge in [0, 0.05) is 30.6 Å². The second-order valence-corrected chi connectivity index (χ2v) is 7.12. The van der Waals surface area contributed by atoms with Crippen LogP contribution in [0.5, 0.6) is 0 Å². The van der Waals surface area contributed by atoms with E-state index in [0.717, 1.165) is 6.21 Å². The molecule has 2 heterocycles. The summed E-state index contributed by atoms with van der Waals surface area (Å²) >= 11 is 0. The summed E-state index contributed by atoms with van der Waals surface area (Å²) in [6.07, 6.45) is 2.51. The Morgan fingerprint density at radius 1 is 1.16 bits per heavy atom. The molecule has 4 rings (SSSR count). The Kier molecular flexibility index (Phi) is 5.41. The van der Waals surface area contributed by atoms with Crippen LogP contribution < -0.4 is 10.3 Å². The van der Waals surface area contributed by atoms with E-state index in [1.807, 2.05) is 6.07 Å². The van der Waals surface area contributed by atoms with Gasteiger partial charge in [0.15, 0.2) is 11.5 Å². The minimum Gasteiger partial charge on any atom is -0.359 e. The van der Waals surface area contributed by atoms with Crippen LogP contribution in [0.3, 0.4) is 0 Å². The van der Waals surface area contributed by atoms with Crippen LogP contribution >= 0.6 is 0 Å². The molecule has 0 unspecified atom stereocenters. The lowest BCUT2D eigenvalue weighted by atomic mass is 10.1. The van der Waals surface area contributed by atoms with Crippen molar-refractivity contribution < 1.29 is 13.2 Å². The van der Waals surface area contributed by atoms with Gasteiger partial charge in [0.2, 0.25) is 5.43 Å². The van der Waals surface area contributed by atoms with E-state index in [1.54, 1.807) is 24.3 Å². The highest BCUT2D eigenvalue weighted by molar-refractivity contribution is 6.06. The average Bonchev–Trinajstić information content (AvgIpc) is 2.73. The first kappa shape index (κ1) is 20.5. The number of anilines is 1. The molecular formula is C22H18F3N5O. The maximum absolute atomic E-state index is 14.8. The lowest BCUT2D eigenvalue weighted by molar-refractivity contribution is -0.0262.